The average Bonchev–Trinajstić information content (AvgIpc) is 2.92. The molecule has 0 amide bonds. The Morgan fingerprint density at radius 1 is 1.08 bits per heavy atom. The number of fused-ring (bicyclic) bond motifs is 2. The molecule has 39 heavy (non-hydrogen) atoms. The van der Waals surface area contributed by atoms with Crippen molar-refractivity contribution in [3.63, 3.8) is 0 Å². The molecule has 0 saturated carbocycles. The minimum atomic E-state index is -0.611. The summed E-state index contributed by atoms with van der Waals surface area (Å²) in [6.07, 6.45) is 18.8. The molecular weight excluding hydrogens is 527 g/mol. The Labute approximate surface area is 246 Å². The van der Waals surface area contributed by atoms with Gasteiger partial charge in [-0.15, -0.1) is 0 Å². The predicted molar refractivity (Wildman–Crippen MR) is 167 cm³/mol. The van der Waals surface area contributed by atoms with Crippen LogP contribution in [0.4, 0.5) is 4.39 Å². The van der Waals surface area contributed by atoms with E-state index in [0.29, 0.717) is 4.75 Å². The van der Waals surface area contributed by atoms with Crippen LogP contribution in [0, 0.1) is 17.2 Å². The van der Waals surface area contributed by atoms with Crippen LogP contribution in [-0.2, 0) is 4.74 Å². The fraction of sp³-hybridized carbons (Fsp3) is 0.758. The maximum Gasteiger partial charge on any atom is 0.165 e. The zero-order valence-corrected chi connectivity index (χ0v) is 26.7. The second-order valence-corrected chi connectivity index (χ2v) is 15.2. The fourth-order valence-corrected chi connectivity index (χ4v) is 8.11. The summed E-state index contributed by atoms with van der Waals surface area (Å²) < 4.78 is 21.3. The Hall–Kier alpha value is -0.690. The van der Waals surface area contributed by atoms with Crippen LogP contribution in [0.5, 0.6) is 5.75 Å². The maximum atomic E-state index is 14.3. The molecule has 6 heteroatoms. The molecule has 3 rings (SSSR count). The number of thioether (sulfide) groups is 2. The third-order valence-electron chi connectivity index (χ3n) is 9.56. The smallest absolute Gasteiger partial charge is 0.165 e. The molecule has 1 fully saturated rings. The molecule has 4 atom stereocenters. The molecule has 2 aliphatic rings. The zero-order chi connectivity index (χ0) is 28.5. The van der Waals surface area contributed by atoms with Gasteiger partial charge in [0, 0.05) is 16.1 Å². The van der Waals surface area contributed by atoms with Crippen molar-refractivity contribution < 1.29 is 19.3 Å². The zero-order valence-electron chi connectivity index (χ0n) is 25.1. The molecule has 0 spiro atoms. The lowest BCUT2D eigenvalue weighted by Crippen LogP contribution is -2.56. The van der Waals surface area contributed by atoms with Gasteiger partial charge in [0.15, 0.2) is 11.6 Å². The molecule has 1 saturated heterocycles. The summed E-state index contributed by atoms with van der Waals surface area (Å²) in [6, 6.07) is 4.61. The number of unbranched alkanes of at least 4 members (excludes halogenated alkanes) is 4. The third kappa shape index (κ3) is 8.42. The van der Waals surface area contributed by atoms with Gasteiger partial charge in [-0.05, 0) is 94.3 Å². The first-order chi connectivity index (χ1) is 18.6. The highest BCUT2D eigenvalue weighted by molar-refractivity contribution is 8.00. The molecule has 3 nitrogen and oxygen atoms in total. The number of halogens is 1. The first-order valence-corrected chi connectivity index (χ1v) is 17.6. The van der Waals surface area contributed by atoms with Crippen LogP contribution >= 0.6 is 23.5 Å². The number of aliphatic hydroxyl groups is 1. The normalized spacial score (nSPS) is 25.8. The Kier molecular flexibility index (Phi) is 12.6. The molecule has 0 radical (unpaired) electrons. The molecule has 1 aliphatic carbocycles. The molecule has 1 heterocycles. The van der Waals surface area contributed by atoms with Crippen LogP contribution in [0.15, 0.2) is 29.8 Å². The minimum absolute atomic E-state index is 0.0854. The van der Waals surface area contributed by atoms with Gasteiger partial charge in [0.2, 0.25) is 0 Å². The largest absolute Gasteiger partial charge is 0.505 e. The highest BCUT2D eigenvalue weighted by Crippen LogP contribution is 2.58. The second-order valence-electron chi connectivity index (χ2n) is 12.6. The molecule has 1 aliphatic heterocycles. The number of aromatic hydroxyl groups is 1. The summed E-state index contributed by atoms with van der Waals surface area (Å²) in [5.74, 6) is 1.57. The highest BCUT2D eigenvalue weighted by atomic mass is 32.2. The molecule has 2 N–H and O–H groups in total. The van der Waals surface area contributed by atoms with Gasteiger partial charge in [-0.2, -0.15) is 23.5 Å². The van der Waals surface area contributed by atoms with Crippen molar-refractivity contribution in [3.05, 3.63) is 41.2 Å². The standard InChI is InChI=1S/C33H53FO3S2/c1-6-7-17-32(4,38-5)18-10-8-9-11-20-39-21-12-13-25-16-19-33(24-35)23-27(25)30(37-31(33,2)3)26-14-15-29(36)28(34)22-26/h14-16,22,27,30,35-36H,6-13,17-21,23-24H2,1-5H3. The predicted octanol–water partition coefficient (Wildman–Crippen LogP) is 9.47. The number of ether oxygens (including phenoxy) is 1. The van der Waals surface area contributed by atoms with E-state index in [1.165, 1.54) is 74.8 Å². The molecular formula is C33H53FO3S2. The molecule has 222 valence electrons. The molecule has 4 unspecified atom stereocenters. The van der Waals surface area contributed by atoms with E-state index in [2.05, 4.69) is 49.7 Å². The first-order valence-electron chi connectivity index (χ1n) is 15.2. The highest BCUT2D eigenvalue weighted by Gasteiger charge is 2.55. The van der Waals surface area contributed by atoms with Gasteiger partial charge in [0.25, 0.3) is 0 Å². The molecule has 0 aromatic heterocycles. The SMILES string of the molecule is CCCCC(C)(CCCCCCSCCCC1=CCC2(CO)CC1C(c1ccc(O)c(F)c1)OC2(C)C)SC. The Balaban J connectivity index is 1.44. The van der Waals surface area contributed by atoms with Crippen molar-refractivity contribution in [2.24, 2.45) is 11.3 Å². The quantitative estimate of drug-likeness (QED) is 0.142. The number of benzene rings is 1. The van der Waals surface area contributed by atoms with E-state index in [9.17, 15) is 14.6 Å². The number of hydrogen-bond donors (Lipinski definition) is 2. The van der Waals surface area contributed by atoms with Crippen molar-refractivity contribution >= 4 is 23.5 Å². The van der Waals surface area contributed by atoms with E-state index in [0.717, 1.165) is 37.0 Å². The van der Waals surface area contributed by atoms with E-state index < -0.39 is 11.4 Å². The van der Waals surface area contributed by atoms with E-state index in [1.54, 1.807) is 6.07 Å². The van der Waals surface area contributed by atoms with Gasteiger partial charge in [-0.3, -0.25) is 0 Å². The molecule has 1 aromatic rings. The minimum Gasteiger partial charge on any atom is -0.505 e. The average molecular weight is 581 g/mol. The van der Waals surface area contributed by atoms with Gasteiger partial charge in [-0.1, -0.05) is 63.7 Å². The van der Waals surface area contributed by atoms with Gasteiger partial charge in [0.1, 0.15) is 0 Å². The monoisotopic (exact) mass is 580 g/mol. The first kappa shape index (κ1) is 32.8. The van der Waals surface area contributed by atoms with Gasteiger partial charge in [-0.25, -0.2) is 4.39 Å². The van der Waals surface area contributed by atoms with Crippen LogP contribution < -0.4 is 0 Å². The van der Waals surface area contributed by atoms with Crippen LogP contribution in [0.2, 0.25) is 0 Å². The van der Waals surface area contributed by atoms with Crippen LogP contribution in [0.1, 0.15) is 116 Å². The van der Waals surface area contributed by atoms with Crippen LogP contribution in [-0.4, -0.2) is 44.9 Å². The van der Waals surface area contributed by atoms with E-state index in [-0.39, 0.29) is 29.8 Å². The fourth-order valence-electron chi connectivity index (χ4n) is 6.46. The Morgan fingerprint density at radius 3 is 2.49 bits per heavy atom. The van der Waals surface area contributed by atoms with Gasteiger partial charge >= 0.3 is 0 Å². The number of phenols is 1. The van der Waals surface area contributed by atoms with Crippen molar-refractivity contribution in [3.8, 4) is 5.75 Å². The topological polar surface area (TPSA) is 49.7 Å². The maximum absolute atomic E-state index is 14.3. The second kappa shape index (κ2) is 15.0. The lowest BCUT2D eigenvalue weighted by Gasteiger charge is -2.57. The van der Waals surface area contributed by atoms with E-state index in [1.807, 2.05) is 13.8 Å². The Morgan fingerprint density at radius 2 is 1.79 bits per heavy atom. The number of aliphatic hydroxyl groups excluding tert-OH is 1. The van der Waals surface area contributed by atoms with Crippen molar-refractivity contribution in [1.29, 1.82) is 0 Å². The summed E-state index contributed by atoms with van der Waals surface area (Å²) in [4.78, 5) is 0. The number of rotatable bonds is 17. The van der Waals surface area contributed by atoms with Crippen molar-refractivity contribution in [1.82, 2.24) is 0 Å². The molecule has 2 bridgehead atoms. The summed E-state index contributed by atoms with van der Waals surface area (Å²) in [5, 5.41) is 20.1. The van der Waals surface area contributed by atoms with E-state index in [4.69, 9.17) is 4.74 Å². The third-order valence-corrected chi connectivity index (χ3v) is 12.1. The number of hydrogen-bond acceptors (Lipinski definition) is 5. The number of allylic oxidation sites excluding steroid dienone is 1. The van der Waals surface area contributed by atoms with Gasteiger partial charge in [0.05, 0.1) is 18.3 Å². The molecule has 1 aromatic carbocycles. The van der Waals surface area contributed by atoms with Crippen LogP contribution in [0.3, 0.4) is 0 Å². The lowest BCUT2D eigenvalue weighted by atomic mass is 9.58. The lowest BCUT2D eigenvalue weighted by molar-refractivity contribution is -0.223. The summed E-state index contributed by atoms with van der Waals surface area (Å²) >= 11 is 4.12. The summed E-state index contributed by atoms with van der Waals surface area (Å²) in [7, 11) is 0. The van der Waals surface area contributed by atoms with Gasteiger partial charge < -0.3 is 14.9 Å². The van der Waals surface area contributed by atoms with Crippen LogP contribution in [0.25, 0.3) is 0 Å². The van der Waals surface area contributed by atoms with Crippen molar-refractivity contribution in [2.75, 3.05) is 24.4 Å². The van der Waals surface area contributed by atoms with Crippen molar-refractivity contribution in [2.45, 2.75) is 121 Å². The van der Waals surface area contributed by atoms with E-state index >= 15 is 0 Å². The number of phenolic OH excluding ortho intramolecular Hbond substituents is 1. The summed E-state index contributed by atoms with van der Waals surface area (Å²) in [5.41, 5.74) is 1.30. The summed E-state index contributed by atoms with van der Waals surface area (Å²) in [6.45, 7) is 8.91. The Bertz CT molecular complexity index is 936.